The second-order valence-corrected chi connectivity index (χ2v) is 7.61. The summed E-state index contributed by atoms with van der Waals surface area (Å²) >= 11 is 0. The number of hydrogen-bond donors (Lipinski definition) is 1. The summed E-state index contributed by atoms with van der Waals surface area (Å²) in [6.45, 7) is 5.29. The van der Waals surface area contributed by atoms with Gasteiger partial charge in [0.2, 0.25) is 5.91 Å². The summed E-state index contributed by atoms with van der Waals surface area (Å²) in [7, 11) is 3.40. The average molecular weight is 405 g/mol. The largest absolute Gasteiger partial charge is 0.345 e. The summed E-state index contributed by atoms with van der Waals surface area (Å²) < 4.78 is 1.87. The van der Waals surface area contributed by atoms with Gasteiger partial charge in [-0.1, -0.05) is 31.2 Å². The maximum absolute atomic E-state index is 13.2. The van der Waals surface area contributed by atoms with Gasteiger partial charge in [0, 0.05) is 48.0 Å². The third-order valence-electron chi connectivity index (χ3n) is 5.37. The van der Waals surface area contributed by atoms with Gasteiger partial charge in [-0.05, 0) is 44.0 Å². The molecule has 3 aromatic rings. The molecule has 1 aromatic heterocycles. The summed E-state index contributed by atoms with van der Waals surface area (Å²) in [5.74, 6) is -0.338. The Morgan fingerprint density at radius 2 is 1.73 bits per heavy atom. The van der Waals surface area contributed by atoms with Crippen molar-refractivity contribution in [1.29, 1.82) is 0 Å². The van der Waals surface area contributed by atoms with Crippen LogP contribution in [0.2, 0.25) is 0 Å². The van der Waals surface area contributed by atoms with E-state index in [1.54, 1.807) is 38.5 Å². The number of aromatic nitrogens is 1. The Labute approximate surface area is 176 Å². The molecule has 1 unspecified atom stereocenters. The van der Waals surface area contributed by atoms with Crippen LogP contribution in [0.15, 0.2) is 48.7 Å². The average Bonchev–Trinajstić information content (AvgIpc) is 3.09. The van der Waals surface area contributed by atoms with Gasteiger partial charge in [-0.3, -0.25) is 14.4 Å². The molecule has 6 heteroatoms. The molecule has 0 aliphatic rings. The summed E-state index contributed by atoms with van der Waals surface area (Å²) in [5.41, 5.74) is 3.33. The maximum atomic E-state index is 13.2. The molecule has 0 saturated carbocycles. The van der Waals surface area contributed by atoms with Gasteiger partial charge in [-0.15, -0.1) is 0 Å². The van der Waals surface area contributed by atoms with Gasteiger partial charge in [0.25, 0.3) is 5.91 Å². The number of ketones is 1. The summed E-state index contributed by atoms with van der Waals surface area (Å²) in [6, 6.07) is 12.4. The molecule has 0 saturated heterocycles. The van der Waals surface area contributed by atoms with E-state index in [1.807, 2.05) is 42.7 Å². The minimum Gasteiger partial charge on any atom is -0.345 e. The Kier molecular flexibility index (Phi) is 6.06. The highest BCUT2D eigenvalue weighted by Crippen LogP contribution is 2.28. The molecule has 1 N–H and O–H groups in total. The second-order valence-electron chi connectivity index (χ2n) is 7.61. The van der Waals surface area contributed by atoms with E-state index in [1.165, 1.54) is 11.8 Å². The second kappa shape index (κ2) is 8.53. The number of Topliss-reactive ketones (excluding diaryl/α,β-unsaturated/α-hetero) is 1. The molecule has 156 valence electrons. The summed E-state index contributed by atoms with van der Waals surface area (Å²) in [5, 5.41) is 3.82. The number of hydrogen-bond acceptors (Lipinski definition) is 3. The molecule has 3 rings (SSSR count). The molecule has 1 atom stereocenters. The van der Waals surface area contributed by atoms with Gasteiger partial charge in [0.15, 0.2) is 5.78 Å². The highest BCUT2D eigenvalue weighted by molar-refractivity contribution is 6.08. The number of carbonyl (C=O) groups excluding carboxylic acids is 3. The van der Waals surface area contributed by atoms with Crippen molar-refractivity contribution in [3.8, 4) is 0 Å². The molecular weight excluding hydrogens is 378 g/mol. The lowest BCUT2D eigenvalue weighted by atomic mass is 10.0. The fourth-order valence-corrected chi connectivity index (χ4v) is 3.71. The number of benzene rings is 2. The number of amides is 2. The molecule has 6 nitrogen and oxygen atoms in total. The highest BCUT2D eigenvalue weighted by atomic mass is 16.2. The van der Waals surface area contributed by atoms with Crippen LogP contribution in [0.3, 0.4) is 0 Å². The molecule has 0 spiro atoms. The monoisotopic (exact) mass is 405 g/mol. The molecule has 0 radical (unpaired) electrons. The van der Waals surface area contributed by atoms with E-state index in [-0.39, 0.29) is 17.6 Å². The van der Waals surface area contributed by atoms with E-state index < -0.39 is 6.04 Å². The van der Waals surface area contributed by atoms with Gasteiger partial charge in [0.05, 0.1) is 0 Å². The third-order valence-corrected chi connectivity index (χ3v) is 5.37. The number of nitrogens with zero attached hydrogens (tertiary/aromatic N) is 2. The predicted octanol–water partition coefficient (Wildman–Crippen LogP) is 4.44. The molecule has 0 bridgehead atoms. The quantitative estimate of drug-likeness (QED) is 0.616. The Hall–Kier alpha value is -3.41. The van der Waals surface area contributed by atoms with Crippen molar-refractivity contribution in [2.24, 2.45) is 0 Å². The Bertz CT molecular complexity index is 1130. The van der Waals surface area contributed by atoms with Crippen LogP contribution in [0.1, 0.15) is 52.6 Å². The number of carbonyl (C=O) groups is 3. The van der Waals surface area contributed by atoms with Crippen LogP contribution >= 0.6 is 0 Å². The first kappa shape index (κ1) is 21.3. The third kappa shape index (κ3) is 3.85. The van der Waals surface area contributed by atoms with Crippen molar-refractivity contribution in [3.05, 3.63) is 65.4 Å². The molecule has 0 aliphatic heterocycles. The standard InChI is InChI=1S/C24H27N3O3/c1-6-21(27-14-19(16(3)28)18-10-7-8-13-22(18)27)23(29)25-20-12-9-11-17(15(20)2)24(30)26(4)5/h7-14,21H,6H2,1-5H3,(H,25,29). The number of nitrogens with one attached hydrogen (secondary N) is 1. The van der Waals surface area contributed by atoms with E-state index in [9.17, 15) is 14.4 Å². The minimum atomic E-state index is -0.490. The predicted molar refractivity (Wildman–Crippen MR) is 119 cm³/mol. The van der Waals surface area contributed by atoms with Crippen molar-refractivity contribution < 1.29 is 14.4 Å². The van der Waals surface area contributed by atoms with Crippen LogP contribution in [0, 0.1) is 6.92 Å². The maximum Gasteiger partial charge on any atom is 0.253 e. The molecular formula is C24H27N3O3. The van der Waals surface area contributed by atoms with Gasteiger partial charge in [-0.2, -0.15) is 0 Å². The van der Waals surface area contributed by atoms with E-state index in [0.29, 0.717) is 23.2 Å². The highest BCUT2D eigenvalue weighted by Gasteiger charge is 2.24. The van der Waals surface area contributed by atoms with Crippen LogP contribution in [-0.2, 0) is 4.79 Å². The van der Waals surface area contributed by atoms with E-state index in [2.05, 4.69) is 5.32 Å². The number of para-hydroxylation sites is 1. The fourth-order valence-electron chi connectivity index (χ4n) is 3.71. The Morgan fingerprint density at radius 1 is 1.03 bits per heavy atom. The molecule has 2 amide bonds. The van der Waals surface area contributed by atoms with E-state index in [4.69, 9.17) is 0 Å². The minimum absolute atomic E-state index is 0.0362. The van der Waals surface area contributed by atoms with Crippen molar-refractivity contribution in [1.82, 2.24) is 9.47 Å². The first-order chi connectivity index (χ1) is 14.3. The zero-order valence-corrected chi connectivity index (χ0v) is 18.0. The smallest absolute Gasteiger partial charge is 0.253 e. The zero-order chi connectivity index (χ0) is 22.0. The molecule has 1 heterocycles. The molecule has 0 aliphatic carbocycles. The van der Waals surface area contributed by atoms with Gasteiger partial charge in [-0.25, -0.2) is 0 Å². The lowest BCUT2D eigenvalue weighted by molar-refractivity contribution is -0.119. The lowest BCUT2D eigenvalue weighted by Crippen LogP contribution is -2.26. The first-order valence-corrected chi connectivity index (χ1v) is 9.98. The normalized spacial score (nSPS) is 11.9. The number of rotatable bonds is 6. The molecule has 30 heavy (non-hydrogen) atoms. The Morgan fingerprint density at radius 3 is 2.37 bits per heavy atom. The van der Waals surface area contributed by atoms with Crippen molar-refractivity contribution in [2.75, 3.05) is 19.4 Å². The van der Waals surface area contributed by atoms with Crippen LogP contribution in [0.25, 0.3) is 10.9 Å². The van der Waals surface area contributed by atoms with Crippen molar-refractivity contribution in [2.45, 2.75) is 33.2 Å². The van der Waals surface area contributed by atoms with Gasteiger partial charge < -0.3 is 14.8 Å². The van der Waals surface area contributed by atoms with Crippen molar-refractivity contribution in [3.63, 3.8) is 0 Å². The fraction of sp³-hybridized carbons (Fsp3) is 0.292. The Balaban J connectivity index is 1.98. The first-order valence-electron chi connectivity index (χ1n) is 9.98. The van der Waals surface area contributed by atoms with Crippen LogP contribution in [0.4, 0.5) is 5.69 Å². The number of fused-ring (bicyclic) bond motifs is 1. The lowest BCUT2D eigenvalue weighted by Gasteiger charge is -2.20. The zero-order valence-electron chi connectivity index (χ0n) is 18.0. The van der Waals surface area contributed by atoms with E-state index in [0.717, 1.165) is 16.5 Å². The van der Waals surface area contributed by atoms with Crippen LogP contribution < -0.4 is 5.32 Å². The van der Waals surface area contributed by atoms with Crippen molar-refractivity contribution >= 4 is 34.2 Å². The molecule has 2 aromatic carbocycles. The summed E-state index contributed by atoms with van der Waals surface area (Å²) in [4.78, 5) is 39.2. The van der Waals surface area contributed by atoms with Crippen LogP contribution in [0.5, 0.6) is 0 Å². The van der Waals surface area contributed by atoms with Gasteiger partial charge in [0.1, 0.15) is 6.04 Å². The van der Waals surface area contributed by atoms with E-state index >= 15 is 0 Å². The topological polar surface area (TPSA) is 71.4 Å². The van der Waals surface area contributed by atoms with Gasteiger partial charge >= 0.3 is 0 Å². The van der Waals surface area contributed by atoms with Crippen LogP contribution in [-0.4, -0.2) is 41.2 Å². The molecule has 0 fully saturated rings. The SMILES string of the molecule is CCC(C(=O)Nc1cccc(C(=O)N(C)C)c1C)n1cc(C(C)=O)c2ccccc21. The summed E-state index contributed by atoms with van der Waals surface area (Å²) in [6.07, 6.45) is 2.32. The number of anilines is 1.